The predicted octanol–water partition coefficient (Wildman–Crippen LogP) is 3.25. The first-order valence-corrected chi connectivity index (χ1v) is 5.02. The van der Waals surface area contributed by atoms with Gasteiger partial charge in [-0.25, -0.2) is 8.78 Å². The Morgan fingerprint density at radius 2 is 1.65 bits per heavy atom. The number of halogens is 2. The molecule has 0 saturated carbocycles. The third-order valence-corrected chi connectivity index (χ3v) is 2.21. The second-order valence-electron chi connectivity index (χ2n) is 3.47. The molecule has 0 fully saturated rings. The highest BCUT2D eigenvalue weighted by atomic mass is 19.1. The van der Waals surface area contributed by atoms with Gasteiger partial charge in [-0.3, -0.25) is 0 Å². The van der Waals surface area contributed by atoms with Crippen molar-refractivity contribution >= 4 is 0 Å². The monoisotopic (exact) mass is 236 g/mol. The Morgan fingerprint density at radius 3 is 2.29 bits per heavy atom. The van der Waals surface area contributed by atoms with Crippen LogP contribution in [0.1, 0.15) is 5.56 Å². The van der Waals surface area contributed by atoms with Crippen LogP contribution in [0.25, 0.3) is 0 Å². The number of hydrogen-bond acceptors (Lipinski definition) is 2. The highest BCUT2D eigenvalue weighted by Crippen LogP contribution is 2.26. The minimum Gasteiger partial charge on any atom is -0.457 e. The molecule has 0 bridgehead atoms. The van der Waals surface area contributed by atoms with Gasteiger partial charge in [-0.05, 0) is 6.07 Å². The highest BCUT2D eigenvalue weighted by molar-refractivity contribution is 5.37. The van der Waals surface area contributed by atoms with Crippen LogP contribution < -0.4 is 4.74 Å². The van der Waals surface area contributed by atoms with Crippen LogP contribution in [0.3, 0.4) is 0 Å². The van der Waals surface area contributed by atoms with E-state index in [0.717, 1.165) is 18.2 Å². The summed E-state index contributed by atoms with van der Waals surface area (Å²) in [4.78, 5) is 0. The molecule has 88 valence electrons. The minimum atomic E-state index is -0.707. The number of aliphatic hydroxyl groups is 1. The fraction of sp³-hybridized carbons (Fsp3) is 0.0769. The maximum absolute atomic E-state index is 12.9. The lowest BCUT2D eigenvalue weighted by Crippen LogP contribution is -1.92. The van der Waals surface area contributed by atoms with Crippen molar-refractivity contribution < 1.29 is 18.6 Å². The van der Waals surface area contributed by atoms with E-state index in [0.29, 0.717) is 11.3 Å². The summed E-state index contributed by atoms with van der Waals surface area (Å²) in [6, 6.07) is 9.67. The smallest absolute Gasteiger partial charge is 0.133 e. The van der Waals surface area contributed by atoms with E-state index in [1.807, 2.05) is 0 Å². The molecule has 0 aliphatic rings. The van der Waals surface area contributed by atoms with Gasteiger partial charge in [-0.15, -0.1) is 0 Å². The Balaban J connectivity index is 2.31. The molecule has 4 heteroatoms. The molecule has 0 aliphatic carbocycles. The summed E-state index contributed by atoms with van der Waals surface area (Å²) in [6.45, 7) is -0.200. The molecule has 2 aromatic carbocycles. The summed E-state index contributed by atoms with van der Waals surface area (Å²) < 4.78 is 31.2. The zero-order chi connectivity index (χ0) is 12.3. The van der Waals surface area contributed by atoms with Gasteiger partial charge in [0.05, 0.1) is 6.61 Å². The quantitative estimate of drug-likeness (QED) is 0.886. The molecule has 0 unspecified atom stereocenters. The van der Waals surface area contributed by atoms with Crippen LogP contribution in [-0.4, -0.2) is 5.11 Å². The molecule has 2 nitrogen and oxygen atoms in total. The zero-order valence-electron chi connectivity index (χ0n) is 8.86. The van der Waals surface area contributed by atoms with E-state index in [1.54, 1.807) is 24.3 Å². The van der Waals surface area contributed by atoms with Crippen LogP contribution in [0.4, 0.5) is 8.78 Å². The van der Waals surface area contributed by atoms with Gasteiger partial charge >= 0.3 is 0 Å². The fourth-order valence-electron chi connectivity index (χ4n) is 1.45. The van der Waals surface area contributed by atoms with Crippen molar-refractivity contribution in [1.82, 2.24) is 0 Å². The molecule has 0 radical (unpaired) electrons. The zero-order valence-corrected chi connectivity index (χ0v) is 8.86. The van der Waals surface area contributed by atoms with Gasteiger partial charge in [-0.2, -0.15) is 0 Å². The standard InChI is InChI=1S/C13H10F2O2/c14-10-5-11(15)7-12(6-10)17-13-4-2-1-3-9(13)8-16/h1-7,16H,8H2. The second-order valence-corrected chi connectivity index (χ2v) is 3.47. The normalized spacial score (nSPS) is 10.3. The van der Waals surface area contributed by atoms with E-state index < -0.39 is 11.6 Å². The van der Waals surface area contributed by atoms with Crippen molar-refractivity contribution in [1.29, 1.82) is 0 Å². The van der Waals surface area contributed by atoms with E-state index >= 15 is 0 Å². The number of hydrogen-bond donors (Lipinski definition) is 1. The summed E-state index contributed by atoms with van der Waals surface area (Å²) in [5.41, 5.74) is 0.553. The van der Waals surface area contributed by atoms with E-state index in [9.17, 15) is 8.78 Å². The molecule has 2 aromatic rings. The minimum absolute atomic E-state index is 0.0587. The Bertz CT molecular complexity index is 506. The third-order valence-electron chi connectivity index (χ3n) is 2.21. The van der Waals surface area contributed by atoms with Crippen LogP contribution in [-0.2, 0) is 6.61 Å². The Labute approximate surface area is 97.1 Å². The Morgan fingerprint density at radius 1 is 1.00 bits per heavy atom. The third kappa shape index (κ3) is 2.79. The molecular weight excluding hydrogens is 226 g/mol. The molecule has 0 amide bonds. The summed E-state index contributed by atoms with van der Waals surface area (Å²) in [6.07, 6.45) is 0. The summed E-state index contributed by atoms with van der Waals surface area (Å²) in [7, 11) is 0. The van der Waals surface area contributed by atoms with E-state index in [-0.39, 0.29) is 12.4 Å². The number of aliphatic hydroxyl groups excluding tert-OH is 1. The predicted molar refractivity (Wildman–Crippen MR) is 58.8 cm³/mol. The maximum atomic E-state index is 12.9. The second kappa shape index (κ2) is 4.93. The lowest BCUT2D eigenvalue weighted by atomic mass is 10.2. The van der Waals surface area contributed by atoms with Gasteiger partial charge in [0.2, 0.25) is 0 Å². The van der Waals surface area contributed by atoms with Crippen molar-refractivity contribution in [3.05, 3.63) is 59.7 Å². The first-order chi connectivity index (χ1) is 8.19. The van der Waals surface area contributed by atoms with Gasteiger partial charge < -0.3 is 9.84 Å². The molecule has 17 heavy (non-hydrogen) atoms. The lowest BCUT2D eigenvalue weighted by Gasteiger charge is -2.09. The van der Waals surface area contributed by atoms with Crippen LogP contribution in [0, 0.1) is 11.6 Å². The van der Waals surface area contributed by atoms with Crippen LogP contribution in [0.15, 0.2) is 42.5 Å². The molecule has 2 rings (SSSR count). The number of ether oxygens (including phenoxy) is 1. The first-order valence-electron chi connectivity index (χ1n) is 5.02. The topological polar surface area (TPSA) is 29.5 Å². The summed E-state index contributed by atoms with van der Waals surface area (Å²) in [5.74, 6) is -0.980. The summed E-state index contributed by atoms with van der Waals surface area (Å²) in [5, 5.41) is 9.08. The van der Waals surface area contributed by atoms with Crippen molar-refractivity contribution in [2.45, 2.75) is 6.61 Å². The van der Waals surface area contributed by atoms with Gasteiger partial charge in [-0.1, -0.05) is 18.2 Å². The van der Waals surface area contributed by atoms with Gasteiger partial charge in [0.1, 0.15) is 23.1 Å². The average molecular weight is 236 g/mol. The van der Waals surface area contributed by atoms with Crippen molar-refractivity contribution in [2.75, 3.05) is 0 Å². The van der Waals surface area contributed by atoms with E-state index in [1.165, 1.54) is 0 Å². The number of rotatable bonds is 3. The van der Waals surface area contributed by atoms with Crippen molar-refractivity contribution in [3.8, 4) is 11.5 Å². The molecular formula is C13H10F2O2. The van der Waals surface area contributed by atoms with Crippen molar-refractivity contribution in [3.63, 3.8) is 0 Å². The highest BCUT2D eigenvalue weighted by Gasteiger charge is 2.06. The molecule has 0 aliphatic heterocycles. The largest absolute Gasteiger partial charge is 0.457 e. The van der Waals surface area contributed by atoms with Gasteiger partial charge in [0.25, 0.3) is 0 Å². The lowest BCUT2D eigenvalue weighted by molar-refractivity contribution is 0.276. The number of para-hydroxylation sites is 1. The van der Waals surface area contributed by atoms with Crippen molar-refractivity contribution in [2.24, 2.45) is 0 Å². The average Bonchev–Trinajstić information content (AvgIpc) is 2.28. The molecule has 1 N–H and O–H groups in total. The van der Waals surface area contributed by atoms with Crippen LogP contribution >= 0.6 is 0 Å². The van der Waals surface area contributed by atoms with Gasteiger partial charge in [0.15, 0.2) is 0 Å². The SMILES string of the molecule is OCc1ccccc1Oc1cc(F)cc(F)c1. The Hall–Kier alpha value is -1.94. The molecule has 0 saturated heterocycles. The number of benzene rings is 2. The summed E-state index contributed by atoms with van der Waals surface area (Å²) >= 11 is 0. The van der Waals surface area contributed by atoms with Gasteiger partial charge in [0, 0.05) is 23.8 Å². The molecule has 0 spiro atoms. The maximum Gasteiger partial charge on any atom is 0.133 e. The Kier molecular flexibility index (Phi) is 3.35. The first kappa shape index (κ1) is 11.5. The van der Waals surface area contributed by atoms with E-state index in [2.05, 4.69) is 0 Å². The van der Waals surface area contributed by atoms with Crippen LogP contribution in [0.2, 0.25) is 0 Å². The molecule has 0 atom stereocenters. The van der Waals surface area contributed by atoms with E-state index in [4.69, 9.17) is 9.84 Å². The van der Waals surface area contributed by atoms with Crippen LogP contribution in [0.5, 0.6) is 11.5 Å². The molecule has 0 aromatic heterocycles. The fourth-order valence-corrected chi connectivity index (χ4v) is 1.45. The molecule has 0 heterocycles.